The molecule has 0 N–H and O–H groups in total. The maximum absolute atomic E-state index is 14.4. The highest BCUT2D eigenvalue weighted by molar-refractivity contribution is 5.44. The molecule has 32 heavy (non-hydrogen) atoms. The van der Waals surface area contributed by atoms with Crippen LogP contribution < -0.4 is 20.1 Å². The van der Waals surface area contributed by atoms with E-state index in [9.17, 15) is 22.4 Å². The van der Waals surface area contributed by atoms with E-state index in [2.05, 4.69) is 4.98 Å². The van der Waals surface area contributed by atoms with Crippen molar-refractivity contribution in [1.82, 2.24) is 9.55 Å². The van der Waals surface area contributed by atoms with Crippen molar-refractivity contribution in [3.05, 3.63) is 75.7 Å². The van der Waals surface area contributed by atoms with E-state index in [0.717, 1.165) is 30.7 Å². The summed E-state index contributed by atoms with van der Waals surface area (Å²) >= 11 is 0. The lowest BCUT2D eigenvalue weighted by Gasteiger charge is -2.34. The highest BCUT2D eigenvalue weighted by atomic mass is 19.2. The second-order valence-electron chi connectivity index (χ2n) is 7.49. The second kappa shape index (κ2) is 8.52. The molecular formula is C22H19F4N3O3. The van der Waals surface area contributed by atoms with E-state index in [4.69, 9.17) is 9.47 Å². The van der Waals surface area contributed by atoms with Gasteiger partial charge in [-0.05, 0) is 43.2 Å². The minimum Gasteiger partial charge on any atom is -0.473 e. The molecule has 0 saturated heterocycles. The molecule has 4 rings (SSSR count). The first-order chi connectivity index (χ1) is 15.2. The molecule has 6 nitrogen and oxygen atoms in total. The molecule has 0 spiro atoms. The zero-order valence-corrected chi connectivity index (χ0v) is 17.2. The Kier molecular flexibility index (Phi) is 5.77. The van der Waals surface area contributed by atoms with Crippen molar-refractivity contribution in [3.63, 3.8) is 0 Å². The van der Waals surface area contributed by atoms with E-state index >= 15 is 0 Å². The van der Waals surface area contributed by atoms with Crippen LogP contribution in [-0.2, 0) is 13.2 Å². The van der Waals surface area contributed by atoms with Crippen molar-refractivity contribution in [2.24, 2.45) is 0 Å². The number of hydrogen-bond acceptors (Lipinski definition) is 5. The maximum Gasteiger partial charge on any atom is 0.352 e. The standard InChI is InChI=1S/C22H19F4N3O3/c1-12-5-6-29-20(28(12)2)10-19(27-22(29)30)31-11-13-7-17(25)21(18(26)8-13)32-14-3-4-15(23)16(24)9-14/h3-4,7-10,12H,5-6,11H2,1-2H3/t12-/m1/s1. The molecule has 10 heteroatoms. The number of hydrogen-bond donors (Lipinski definition) is 0. The molecule has 0 aliphatic carbocycles. The molecule has 0 radical (unpaired) electrons. The lowest BCUT2D eigenvalue weighted by molar-refractivity contribution is 0.287. The fourth-order valence-electron chi connectivity index (χ4n) is 3.39. The molecule has 168 valence electrons. The Labute approximate surface area is 180 Å². The molecular weight excluding hydrogens is 430 g/mol. The third kappa shape index (κ3) is 4.25. The lowest BCUT2D eigenvalue weighted by Crippen LogP contribution is -2.41. The smallest absolute Gasteiger partial charge is 0.352 e. The Bertz CT molecular complexity index is 1210. The van der Waals surface area contributed by atoms with E-state index in [-0.39, 0.29) is 29.8 Å². The summed E-state index contributed by atoms with van der Waals surface area (Å²) in [7, 11) is 1.86. The topological polar surface area (TPSA) is 56.6 Å². The number of rotatable bonds is 5. The zero-order valence-electron chi connectivity index (χ0n) is 17.2. The first-order valence-electron chi connectivity index (χ1n) is 9.81. The van der Waals surface area contributed by atoms with Gasteiger partial charge in [0.1, 0.15) is 18.2 Å². The predicted octanol–water partition coefficient (Wildman–Crippen LogP) is 4.40. The third-order valence-electron chi connectivity index (χ3n) is 5.31. The number of fused-ring (bicyclic) bond motifs is 1. The Morgan fingerprint density at radius 2 is 1.75 bits per heavy atom. The number of ether oxygens (including phenoxy) is 2. The summed E-state index contributed by atoms with van der Waals surface area (Å²) in [6, 6.07) is 6.32. The maximum atomic E-state index is 14.4. The summed E-state index contributed by atoms with van der Waals surface area (Å²) in [5.74, 6) is -4.77. The summed E-state index contributed by atoms with van der Waals surface area (Å²) < 4.78 is 67.2. The van der Waals surface area contributed by atoms with Gasteiger partial charge in [0.25, 0.3) is 0 Å². The molecule has 0 fully saturated rings. The first kappa shape index (κ1) is 21.7. The molecule has 0 unspecified atom stereocenters. The Morgan fingerprint density at radius 3 is 2.44 bits per heavy atom. The van der Waals surface area contributed by atoms with Crippen LogP contribution in [-0.4, -0.2) is 22.6 Å². The number of anilines is 1. The second-order valence-corrected chi connectivity index (χ2v) is 7.49. The normalized spacial score (nSPS) is 15.4. The Hall–Kier alpha value is -3.56. The Morgan fingerprint density at radius 1 is 1.03 bits per heavy atom. The van der Waals surface area contributed by atoms with Crippen LogP contribution in [0.2, 0.25) is 0 Å². The van der Waals surface area contributed by atoms with Gasteiger partial charge in [-0.2, -0.15) is 4.98 Å². The SMILES string of the molecule is C[C@@H]1CCn2c(cc(OCc3cc(F)c(Oc4ccc(F)c(F)c4)c(F)c3)nc2=O)N1C. The predicted molar refractivity (Wildman–Crippen MR) is 108 cm³/mol. The summed E-state index contributed by atoms with van der Waals surface area (Å²) in [6.07, 6.45) is 0.808. The minimum atomic E-state index is -1.21. The van der Waals surface area contributed by atoms with Crippen LogP contribution in [0, 0.1) is 23.3 Å². The van der Waals surface area contributed by atoms with Crippen LogP contribution in [0.5, 0.6) is 17.4 Å². The van der Waals surface area contributed by atoms with Gasteiger partial charge in [-0.15, -0.1) is 0 Å². The first-order valence-corrected chi connectivity index (χ1v) is 9.81. The van der Waals surface area contributed by atoms with Crippen molar-refractivity contribution in [3.8, 4) is 17.4 Å². The van der Waals surface area contributed by atoms with E-state index in [1.165, 1.54) is 4.57 Å². The Balaban J connectivity index is 1.52. The number of aromatic nitrogens is 2. The molecule has 1 aliphatic rings. The molecule has 0 bridgehead atoms. The van der Waals surface area contributed by atoms with Crippen molar-refractivity contribution < 1.29 is 27.0 Å². The average Bonchev–Trinajstić information content (AvgIpc) is 2.74. The quantitative estimate of drug-likeness (QED) is 0.541. The van der Waals surface area contributed by atoms with Crippen LogP contribution in [0.1, 0.15) is 18.9 Å². The molecule has 1 aromatic heterocycles. The van der Waals surface area contributed by atoms with Gasteiger partial charge in [0, 0.05) is 31.8 Å². The molecule has 0 saturated carbocycles. The van der Waals surface area contributed by atoms with E-state index in [0.29, 0.717) is 18.4 Å². The summed E-state index contributed by atoms with van der Waals surface area (Å²) in [4.78, 5) is 18.1. The lowest BCUT2D eigenvalue weighted by atomic mass is 10.1. The van der Waals surface area contributed by atoms with Crippen molar-refractivity contribution >= 4 is 5.82 Å². The van der Waals surface area contributed by atoms with Gasteiger partial charge < -0.3 is 14.4 Å². The summed E-state index contributed by atoms with van der Waals surface area (Å²) in [5, 5.41) is 0. The molecule has 2 heterocycles. The highest BCUT2D eigenvalue weighted by Gasteiger charge is 2.22. The summed E-state index contributed by atoms with van der Waals surface area (Å²) in [5.41, 5.74) is -0.345. The monoisotopic (exact) mass is 449 g/mol. The van der Waals surface area contributed by atoms with Crippen LogP contribution in [0.3, 0.4) is 0 Å². The number of halogens is 4. The van der Waals surface area contributed by atoms with Gasteiger partial charge in [0.15, 0.2) is 29.0 Å². The number of nitrogens with zero attached hydrogens (tertiary/aromatic N) is 3. The van der Waals surface area contributed by atoms with Crippen molar-refractivity contribution in [2.75, 3.05) is 11.9 Å². The zero-order chi connectivity index (χ0) is 23.0. The van der Waals surface area contributed by atoms with Crippen LogP contribution in [0.25, 0.3) is 0 Å². The van der Waals surface area contributed by atoms with Gasteiger partial charge in [-0.3, -0.25) is 4.57 Å². The fourth-order valence-corrected chi connectivity index (χ4v) is 3.39. The van der Waals surface area contributed by atoms with Gasteiger partial charge in [0.05, 0.1) is 0 Å². The van der Waals surface area contributed by atoms with Crippen LogP contribution in [0.4, 0.5) is 23.4 Å². The van der Waals surface area contributed by atoms with Crippen molar-refractivity contribution in [2.45, 2.75) is 32.5 Å². The van der Waals surface area contributed by atoms with Crippen molar-refractivity contribution in [1.29, 1.82) is 0 Å². The van der Waals surface area contributed by atoms with E-state index in [1.54, 1.807) is 6.07 Å². The highest BCUT2D eigenvalue weighted by Crippen LogP contribution is 2.30. The van der Waals surface area contributed by atoms with E-state index in [1.807, 2.05) is 18.9 Å². The van der Waals surface area contributed by atoms with Gasteiger partial charge in [-0.25, -0.2) is 22.4 Å². The summed E-state index contributed by atoms with van der Waals surface area (Å²) in [6.45, 7) is 2.32. The fraction of sp³-hybridized carbons (Fsp3) is 0.273. The molecule has 2 aromatic carbocycles. The van der Waals surface area contributed by atoms with E-state index < -0.39 is 34.7 Å². The van der Waals surface area contributed by atoms with Crippen LogP contribution in [0.15, 0.2) is 41.2 Å². The van der Waals surface area contributed by atoms with Crippen LogP contribution >= 0.6 is 0 Å². The van der Waals surface area contributed by atoms with Gasteiger partial charge in [0.2, 0.25) is 5.88 Å². The number of benzene rings is 2. The average molecular weight is 449 g/mol. The molecule has 0 amide bonds. The minimum absolute atomic E-state index is 0.0325. The van der Waals surface area contributed by atoms with Gasteiger partial charge >= 0.3 is 5.69 Å². The largest absolute Gasteiger partial charge is 0.473 e. The molecule has 1 aliphatic heterocycles. The van der Waals surface area contributed by atoms with Gasteiger partial charge in [-0.1, -0.05) is 0 Å². The molecule has 1 atom stereocenters. The third-order valence-corrected chi connectivity index (χ3v) is 5.31. The molecule has 3 aromatic rings.